The summed E-state index contributed by atoms with van der Waals surface area (Å²) in [6.07, 6.45) is -4.54. The van der Waals surface area contributed by atoms with E-state index in [1.165, 1.54) is 30.3 Å². The van der Waals surface area contributed by atoms with E-state index in [2.05, 4.69) is 5.32 Å². The van der Waals surface area contributed by atoms with Gasteiger partial charge in [0, 0.05) is 11.5 Å². The summed E-state index contributed by atoms with van der Waals surface area (Å²) in [6.45, 7) is 3.87. The first-order valence-corrected chi connectivity index (χ1v) is 8.23. The van der Waals surface area contributed by atoms with Gasteiger partial charge in [0.15, 0.2) is 6.54 Å². The van der Waals surface area contributed by atoms with E-state index in [-0.39, 0.29) is 30.0 Å². The van der Waals surface area contributed by atoms with Crippen molar-refractivity contribution < 1.29 is 27.7 Å². The highest BCUT2D eigenvalue weighted by Crippen LogP contribution is 2.34. The highest BCUT2D eigenvalue weighted by atomic mass is 19.4. The zero-order chi connectivity index (χ0) is 19.3. The minimum absolute atomic E-state index is 0.0492. The molecule has 3 N–H and O–H groups in total. The number of anilines is 1. The summed E-state index contributed by atoms with van der Waals surface area (Å²) < 4.78 is 52.0. The van der Waals surface area contributed by atoms with Gasteiger partial charge in [-0.05, 0) is 24.3 Å². The largest absolute Gasteiger partial charge is 0.418 e. The maximum Gasteiger partial charge on any atom is 0.418 e. The van der Waals surface area contributed by atoms with Gasteiger partial charge in [-0.3, -0.25) is 4.79 Å². The Balaban J connectivity index is 2.05. The third kappa shape index (κ3) is 5.29. The first-order chi connectivity index (χ1) is 12.2. The number of benzene rings is 2. The highest BCUT2D eigenvalue weighted by Gasteiger charge is 2.33. The average molecular weight is 369 g/mol. The number of carbonyl (C=O) groups excluding carboxylic acids is 1. The Morgan fingerprint density at radius 1 is 1.08 bits per heavy atom. The fraction of sp³-hybridized carbons (Fsp3) is 0.316. The molecular weight excluding hydrogens is 348 g/mol. The van der Waals surface area contributed by atoms with Gasteiger partial charge in [-0.25, -0.2) is 4.39 Å². The predicted molar refractivity (Wildman–Crippen MR) is 90.8 cm³/mol. The van der Waals surface area contributed by atoms with Gasteiger partial charge in [-0.1, -0.05) is 38.1 Å². The van der Waals surface area contributed by atoms with Crippen molar-refractivity contribution in [3.63, 3.8) is 0 Å². The molecule has 0 unspecified atom stereocenters. The van der Waals surface area contributed by atoms with Crippen molar-refractivity contribution in [3.8, 4) is 0 Å². The number of nitrogens with one attached hydrogen (secondary N) is 1. The van der Waals surface area contributed by atoms with Crippen molar-refractivity contribution >= 4 is 11.6 Å². The highest BCUT2D eigenvalue weighted by molar-refractivity contribution is 5.92. The van der Waals surface area contributed by atoms with Crippen LogP contribution in [-0.2, 0) is 11.0 Å². The van der Waals surface area contributed by atoms with Crippen LogP contribution in [0.5, 0.6) is 0 Å². The molecule has 0 fully saturated rings. The minimum Gasteiger partial charge on any atom is -0.332 e. The van der Waals surface area contributed by atoms with Gasteiger partial charge in [0.1, 0.15) is 11.9 Å². The van der Waals surface area contributed by atoms with Crippen LogP contribution in [0.2, 0.25) is 0 Å². The van der Waals surface area contributed by atoms with Gasteiger partial charge >= 0.3 is 6.18 Å². The molecule has 140 valence electrons. The van der Waals surface area contributed by atoms with Crippen molar-refractivity contribution in [1.29, 1.82) is 0 Å². The Morgan fingerprint density at radius 2 is 1.69 bits per heavy atom. The molecule has 1 atom stereocenters. The van der Waals surface area contributed by atoms with E-state index in [0.717, 1.165) is 11.6 Å². The SMILES string of the molecule is CC(C)[C@H]([NH2+]CC(=O)Nc1ccccc1C(F)(F)F)c1ccc(F)cc1. The Hall–Kier alpha value is -2.41. The number of alkyl halides is 3. The number of rotatable bonds is 6. The van der Waals surface area contributed by atoms with E-state index in [4.69, 9.17) is 0 Å². The zero-order valence-corrected chi connectivity index (χ0v) is 14.5. The number of carbonyl (C=O) groups is 1. The minimum atomic E-state index is -4.54. The topological polar surface area (TPSA) is 45.7 Å². The lowest BCUT2D eigenvalue weighted by atomic mass is 9.96. The summed E-state index contributed by atoms with van der Waals surface area (Å²) in [6, 6.07) is 10.7. The number of hydrogen-bond acceptors (Lipinski definition) is 1. The van der Waals surface area contributed by atoms with Gasteiger partial charge in [0.05, 0.1) is 11.3 Å². The van der Waals surface area contributed by atoms with Gasteiger partial charge in [0.2, 0.25) is 0 Å². The van der Waals surface area contributed by atoms with E-state index in [0.29, 0.717) is 0 Å². The van der Waals surface area contributed by atoms with E-state index in [9.17, 15) is 22.4 Å². The first kappa shape index (κ1) is 19.9. The smallest absolute Gasteiger partial charge is 0.332 e. The summed E-state index contributed by atoms with van der Waals surface area (Å²) in [5.41, 5.74) is -0.293. The lowest BCUT2D eigenvalue weighted by Gasteiger charge is -2.20. The lowest BCUT2D eigenvalue weighted by molar-refractivity contribution is -0.692. The van der Waals surface area contributed by atoms with Crippen LogP contribution < -0.4 is 10.6 Å². The van der Waals surface area contributed by atoms with Crippen molar-refractivity contribution in [2.24, 2.45) is 5.92 Å². The van der Waals surface area contributed by atoms with E-state index in [1.807, 2.05) is 13.8 Å². The van der Waals surface area contributed by atoms with Crippen LogP contribution in [0.3, 0.4) is 0 Å². The number of para-hydroxylation sites is 1. The van der Waals surface area contributed by atoms with Crippen molar-refractivity contribution in [1.82, 2.24) is 0 Å². The maximum atomic E-state index is 13.1. The van der Waals surface area contributed by atoms with Crippen molar-refractivity contribution in [2.45, 2.75) is 26.1 Å². The standard InChI is InChI=1S/C19H20F4N2O/c1-12(2)18(13-7-9-14(20)10-8-13)24-11-17(26)25-16-6-4-3-5-15(16)19(21,22)23/h3-10,12,18,24H,11H2,1-2H3,(H,25,26)/p+1/t18-/m0/s1. The van der Waals surface area contributed by atoms with Crippen molar-refractivity contribution in [3.05, 3.63) is 65.5 Å². The van der Waals surface area contributed by atoms with Crippen molar-refractivity contribution in [2.75, 3.05) is 11.9 Å². The van der Waals surface area contributed by atoms with Gasteiger partial charge < -0.3 is 10.6 Å². The fourth-order valence-electron chi connectivity index (χ4n) is 2.75. The van der Waals surface area contributed by atoms with E-state index in [1.54, 1.807) is 17.4 Å². The Kier molecular flexibility index (Phi) is 6.37. The molecule has 7 heteroatoms. The molecule has 0 aromatic heterocycles. The quantitative estimate of drug-likeness (QED) is 0.749. The molecule has 0 saturated carbocycles. The van der Waals surface area contributed by atoms with Crippen LogP contribution in [0.1, 0.15) is 31.0 Å². The molecule has 2 aromatic rings. The molecule has 26 heavy (non-hydrogen) atoms. The predicted octanol–water partition coefficient (Wildman–Crippen LogP) is 3.74. The monoisotopic (exact) mass is 369 g/mol. The van der Waals surface area contributed by atoms with Crippen LogP contribution in [0.15, 0.2) is 48.5 Å². The summed E-state index contributed by atoms with van der Waals surface area (Å²) in [5.74, 6) is -0.733. The number of quaternary nitrogens is 1. The number of nitrogens with two attached hydrogens (primary N) is 1. The molecular formula is C19H21F4N2O+. The fourth-order valence-corrected chi connectivity index (χ4v) is 2.75. The molecule has 0 aliphatic carbocycles. The Bertz CT molecular complexity index is 742. The molecule has 0 bridgehead atoms. The van der Waals surface area contributed by atoms with Crippen LogP contribution in [0, 0.1) is 11.7 Å². The number of halogens is 4. The van der Waals surface area contributed by atoms with Crippen LogP contribution in [0.25, 0.3) is 0 Å². The molecule has 0 saturated heterocycles. The molecule has 0 aliphatic heterocycles. The average Bonchev–Trinajstić information content (AvgIpc) is 2.56. The lowest BCUT2D eigenvalue weighted by Crippen LogP contribution is -2.88. The molecule has 0 radical (unpaired) electrons. The van der Waals surface area contributed by atoms with Gasteiger partial charge in [-0.2, -0.15) is 13.2 Å². The van der Waals surface area contributed by atoms with Crippen LogP contribution in [0.4, 0.5) is 23.2 Å². The molecule has 0 spiro atoms. The Morgan fingerprint density at radius 3 is 2.27 bits per heavy atom. The molecule has 1 amide bonds. The maximum absolute atomic E-state index is 13.1. The first-order valence-electron chi connectivity index (χ1n) is 8.23. The van der Waals surface area contributed by atoms with E-state index < -0.39 is 17.6 Å². The second-order valence-corrected chi connectivity index (χ2v) is 6.35. The summed E-state index contributed by atoms with van der Waals surface area (Å²) in [4.78, 5) is 12.1. The Labute approximate surface area is 149 Å². The zero-order valence-electron chi connectivity index (χ0n) is 14.5. The second kappa shape index (κ2) is 8.31. The number of amides is 1. The molecule has 0 aliphatic rings. The third-order valence-electron chi connectivity index (χ3n) is 4.04. The molecule has 2 aromatic carbocycles. The molecule has 2 rings (SSSR count). The van der Waals surface area contributed by atoms with Gasteiger partial charge in [0.25, 0.3) is 5.91 Å². The summed E-state index contributed by atoms with van der Waals surface area (Å²) >= 11 is 0. The van der Waals surface area contributed by atoms with Crippen LogP contribution in [-0.4, -0.2) is 12.5 Å². The third-order valence-corrected chi connectivity index (χ3v) is 4.04. The second-order valence-electron chi connectivity index (χ2n) is 6.35. The molecule has 0 heterocycles. The van der Waals surface area contributed by atoms with Gasteiger partial charge in [-0.15, -0.1) is 0 Å². The summed E-state index contributed by atoms with van der Waals surface area (Å²) in [7, 11) is 0. The summed E-state index contributed by atoms with van der Waals surface area (Å²) in [5, 5.41) is 4.06. The molecule has 3 nitrogen and oxygen atoms in total. The van der Waals surface area contributed by atoms with Crippen LogP contribution >= 0.6 is 0 Å². The van der Waals surface area contributed by atoms with E-state index >= 15 is 0 Å². The number of hydrogen-bond donors (Lipinski definition) is 2. The normalized spacial score (nSPS) is 12.9.